The smallest absolute Gasteiger partial charge is 0.335 e. The number of carbonyl (C=O) groups excluding carboxylic acids is 2. The second kappa shape index (κ2) is 11.6. The SMILES string of the molecule is C#CCOC(C)C(=O)OCc1cnc(C)c(O)c1COC(=O)C(C)OCC#C. The summed E-state index contributed by atoms with van der Waals surface area (Å²) in [7, 11) is 0. The van der Waals surface area contributed by atoms with E-state index in [0.29, 0.717) is 11.3 Å². The van der Waals surface area contributed by atoms with E-state index in [0.717, 1.165) is 0 Å². The average molecular weight is 389 g/mol. The van der Waals surface area contributed by atoms with Crippen molar-refractivity contribution in [1.82, 2.24) is 4.98 Å². The number of hydrogen-bond acceptors (Lipinski definition) is 8. The van der Waals surface area contributed by atoms with Gasteiger partial charge in [0.25, 0.3) is 0 Å². The minimum atomic E-state index is -0.864. The summed E-state index contributed by atoms with van der Waals surface area (Å²) in [6, 6.07) is 0. The van der Waals surface area contributed by atoms with Gasteiger partial charge in [0.2, 0.25) is 0 Å². The summed E-state index contributed by atoms with van der Waals surface area (Å²) in [4.78, 5) is 27.9. The Labute approximate surface area is 164 Å². The molecule has 0 radical (unpaired) electrons. The summed E-state index contributed by atoms with van der Waals surface area (Å²) >= 11 is 0. The molecule has 2 atom stereocenters. The topological polar surface area (TPSA) is 104 Å². The van der Waals surface area contributed by atoms with Crippen LogP contribution in [0, 0.1) is 31.6 Å². The van der Waals surface area contributed by atoms with Crippen molar-refractivity contribution in [3.63, 3.8) is 0 Å². The van der Waals surface area contributed by atoms with E-state index in [1.54, 1.807) is 6.92 Å². The average Bonchev–Trinajstić information content (AvgIpc) is 2.69. The maximum Gasteiger partial charge on any atom is 0.335 e. The summed E-state index contributed by atoms with van der Waals surface area (Å²) in [6.45, 7) is 4.09. The largest absolute Gasteiger partial charge is 0.506 e. The van der Waals surface area contributed by atoms with E-state index >= 15 is 0 Å². The Morgan fingerprint density at radius 2 is 1.57 bits per heavy atom. The van der Waals surface area contributed by atoms with Gasteiger partial charge in [0.05, 0.1) is 5.69 Å². The molecule has 0 bridgehead atoms. The van der Waals surface area contributed by atoms with Crippen LogP contribution in [0.15, 0.2) is 6.20 Å². The van der Waals surface area contributed by atoms with Crippen molar-refractivity contribution >= 4 is 11.9 Å². The van der Waals surface area contributed by atoms with Gasteiger partial charge in [0.15, 0.2) is 12.2 Å². The van der Waals surface area contributed by atoms with Gasteiger partial charge in [-0.2, -0.15) is 0 Å². The first-order valence-corrected chi connectivity index (χ1v) is 8.41. The maximum atomic E-state index is 12.0. The Morgan fingerprint density at radius 1 is 1.07 bits per heavy atom. The number of aryl methyl sites for hydroxylation is 1. The quantitative estimate of drug-likeness (QED) is 0.471. The molecule has 0 aromatic carbocycles. The third-order valence-electron chi connectivity index (χ3n) is 3.66. The van der Waals surface area contributed by atoms with Crippen LogP contribution in [0.4, 0.5) is 0 Å². The molecule has 150 valence electrons. The van der Waals surface area contributed by atoms with Gasteiger partial charge in [0, 0.05) is 17.3 Å². The highest BCUT2D eigenvalue weighted by atomic mass is 16.6. The molecule has 2 unspecified atom stereocenters. The van der Waals surface area contributed by atoms with Crippen LogP contribution < -0.4 is 0 Å². The van der Waals surface area contributed by atoms with E-state index < -0.39 is 24.1 Å². The fourth-order valence-corrected chi connectivity index (χ4v) is 1.98. The lowest BCUT2D eigenvalue weighted by molar-refractivity contribution is -0.158. The second-order valence-electron chi connectivity index (χ2n) is 5.73. The molecule has 0 aliphatic rings. The van der Waals surface area contributed by atoms with Crippen LogP contribution in [-0.2, 0) is 41.8 Å². The number of aromatic nitrogens is 1. The Kier molecular flexibility index (Phi) is 9.52. The first kappa shape index (κ1) is 23.0. The molecule has 28 heavy (non-hydrogen) atoms. The third kappa shape index (κ3) is 6.92. The molecule has 0 aliphatic carbocycles. The second-order valence-corrected chi connectivity index (χ2v) is 5.73. The molecule has 0 spiro atoms. The van der Waals surface area contributed by atoms with Crippen molar-refractivity contribution < 1.29 is 33.6 Å². The third-order valence-corrected chi connectivity index (χ3v) is 3.66. The molecule has 1 heterocycles. The highest BCUT2D eigenvalue weighted by molar-refractivity contribution is 5.74. The lowest BCUT2D eigenvalue weighted by atomic mass is 10.1. The lowest BCUT2D eigenvalue weighted by Crippen LogP contribution is -2.24. The first-order valence-electron chi connectivity index (χ1n) is 8.41. The van der Waals surface area contributed by atoms with Crippen molar-refractivity contribution in [3.8, 4) is 30.4 Å². The molecule has 0 aliphatic heterocycles. The number of aromatic hydroxyl groups is 1. The fraction of sp³-hybridized carbons (Fsp3) is 0.450. The molecule has 0 fully saturated rings. The molecule has 1 aromatic heterocycles. The van der Waals surface area contributed by atoms with Crippen LogP contribution in [0.25, 0.3) is 0 Å². The van der Waals surface area contributed by atoms with Gasteiger partial charge in [-0.3, -0.25) is 4.98 Å². The highest BCUT2D eigenvalue weighted by Crippen LogP contribution is 2.25. The van der Waals surface area contributed by atoms with Crippen molar-refractivity contribution in [2.45, 2.75) is 46.2 Å². The summed E-state index contributed by atoms with van der Waals surface area (Å²) in [6.07, 6.45) is 9.87. The maximum absolute atomic E-state index is 12.0. The van der Waals surface area contributed by atoms with Gasteiger partial charge >= 0.3 is 11.9 Å². The standard InChI is InChI=1S/C20H23NO7/c1-6-8-25-14(4)19(23)27-11-16-10-21-13(3)18(22)17(16)12-28-20(24)15(5)26-9-7-2/h1-2,10,14-15,22H,8-9,11-12H2,3-5H3. The van der Waals surface area contributed by atoms with Gasteiger partial charge in [-0.15, -0.1) is 12.8 Å². The molecular formula is C20H23NO7. The zero-order chi connectivity index (χ0) is 21.1. The van der Waals surface area contributed by atoms with E-state index in [1.807, 2.05) is 0 Å². The zero-order valence-corrected chi connectivity index (χ0v) is 16.1. The van der Waals surface area contributed by atoms with Gasteiger partial charge in [-0.1, -0.05) is 11.8 Å². The molecule has 1 rings (SSSR count). The van der Waals surface area contributed by atoms with Crippen LogP contribution in [0.1, 0.15) is 30.7 Å². The van der Waals surface area contributed by atoms with Gasteiger partial charge in [0.1, 0.15) is 32.2 Å². The van der Waals surface area contributed by atoms with Crippen LogP contribution in [-0.4, -0.2) is 47.5 Å². The minimum Gasteiger partial charge on any atom is -0.506 e. The highest BCUT2D eigenvalue weighted by Gasteiger charge is 2.20. The number of esters is 2. The van der Waals surface area contributed by atoms with Crippen LogP contribution in [0.3, 0.4) is 0 Å². The molecule has 0 saturated heterocycles. The Balaban J connectivity index is 2.80. The summed E-state index contributed by atoms with van der Waals surface area (Å²) in [5.74, 6) is 3.07. The Bertz CT molecular complexity index is 776. The van der Waals surface area contributed by atoms with Crippen LogP contribution in [0.2, 0.25) is 0 Å². The number of ether oxygens (including phenoxy) is 4. The minimum absolute atomic E-state index is 0.0235. The number of hydrogen-bond donors (Lipinski definition) is 1. The molecular weight excluding hydrogens is 366 g/mol. The predicted octanol–water partition coefficient (Wildman–Crippen LogP) is 1.26. The Hall–Kier alpha value is -3.07. The molecule has 8 heteroatoms. The summed E-state index contributed by atoms with van der Waals surface area (Å²) < 4.78 is 20.5. The number of rotatable bonds is 10. The Morgan fingerprint density at radius 3 is 2.07 bits per heavy atom. The summed E-state index contributed by atoms with van der Waals surface area (Å²) in [5.41, 5.74) is 0.990. The molecule has 1 N–H and O–H groups in total. The van der Waals surface area contributed by atoms with E-state index in [1.165, 1.54) is 20.0 Å². The molecule has 0 saturated carbocycles. The monoisotopic (exact) mass is 389 g/mol. The normalized spacial score (nSPS) is 12.3. The van der Waals surface area contributed by atoms with Crippen LogP contribution in [0.5, 0.6) is 5.75 Å². The number of pyridine rings is 1. The molecule has 1 aromatic rings. The fourth-order valence-electron chi connectivity index (χ4n) is 1.98. The lowest BCUT2D eigenvalue weighted by Gasteiger charge is -2.16. The summed E-state index contributed by atoms with van der Waals surface area (Å²) in [5, 5.41) is 10.3. The van der Waals surface area contributed by atoms with Gasteiger partial charge < -0.3 is 24.1 Å². The number of carbonyl (C=O) groups is 2. The number of terminal acetylenes is 2. The van der Waals surface area contributed by atoms with E-state index in [2.05, 4.69) is 16.8 Å². The van der Waals surface area contributed by atoms with E-state index in [-0.39, 0.29) is 37.7 Å². The van der Waals surface area contributed by atoms with E-state index in [9.17, 15) is 14.7 Å². The number of nitrogens with zero attached hydrogens (tertiary/aromatic N) is 1. The van der Waals surface area contributed by atoms with Crippen molar-refractivity contribution in [1.29, 1.82) is 0 Å². The van der Waals surface area contributed by atoms with Crippen molar-refractivity contribution in [2.75, 3.05) is 13.2 Å². The predicted molar refractivity (Wildman–Crippen MR) is 98.7 cm³/mol. The molecule has 0 amide bonds. The van der Waals surface area contributed by atoms with E-state index in [4.69, 9.17) is 31.8 Å². The van der Waals surface area contributed by atoms with Gasteiger partial charge in [-0.05, 0) is 20.8 Å². The van der Waals surface area contributed by atoms with Gasteiger partial charge in [-0.25, -0.2) is 9.59 Å². The first-order chi connectivity index (χ1) is 13.3. The van der Waals surface area contributed by atoms with Crippen LogP contribution >= 0.6 is 0 Å². The van der Waals surface area contributed by atoms with Crippen molar-refractivity contribution in [2.24, 2.45) is 0 Å². The zero-order valence-electron chi connectivity index (χ0n) is 16.1. The van der Waals surface area contributed by atoms with Crippen molar-refractivity contribution in [3.05, 3.63) is 23.0 Å². The molecule has 8 nitrogen and oxygen atoms in total.